The van der Waals surface area contributed by atoms with Crippen molar-refractivity contribution in [3.63, 3.8) is 0 Å². The molecule has 1 N–H and O–H groups in total. The summed E-state index contributed by atoms with van der Waals surface area (Å²) in [6.45, 7) is 0. The highest BCUT2D eigenvalue weighted by molar-refractivity contribution is 9.11. The molecule has 0 aliphatic heterocycles. The first-order valence-electron chi connectivity index (χ1n) is 5.16. The zero-order chi connectivity index (χ0) is 12.5. The third-order valence-corrected chi connectivity index (χ3v) is 4.54. The smallest absolute Gasteiger partial charge is 0.172 e. The van der Waals surface area contributed by atoms with Crippen LogP contribution < -0.4 is 0 Å². The number of hydrogen-bond acceptors (Lipinski definition) is 3. The van der Waals surface area contributed by atoms with Crippen LogP contribution in [-0.4, -0.2) is 15.0 Å². The molecule has 2 heterocycles. The van der Waals surface area contributed by atoms with Crippen LogP contribution in [0.5, 0.6) is 0 Å². The van der Waals surface area contributed by atoms with Gasteiger partial charge in [0.15, 0.2) is 5.16 Å². The van der Waals surface area contributed by atoms with Gasteiger partial charge in [-0.2, -0.15) is 0 Å². The minimum absolute atomic E-state index is 0.840. The average molecular weight is 385 g/mol. The number of H-pyrrole nitrogens is 1. The highest BCUT2D eigenvalue weighted by Crippen LogP contribution is 2.32. The number of pyridine rings is 1. The van der Waals surface area contributed by atoms with E-state index in [1.807, 2.05) is 30.3 Å². The van der Waals surface area contributed by atoms with Crippen LogP contribution in [0.25, 0.3) is 11.0 Å². The number of aromatic nitrogens is 3. The molecule has 3 nitrogen and oxygen atoms in total. The third kappa shape index (κ3) is 2.46. The summed E-state index contributed by atoms with van der Waals surface area (Å²) in [5.74, 6) is 0. The van der Waals surface area contributed by atoms with Crippen LogP contribution in [0.15, 0.2) is 55.7 Å². The van der Waals surface area contributed by atoms with Crippen molar-refractivity contribution in [1.82, 2.24) is 15.0 Å². The highest BCUT2D eigenvalue weighted by atomic mass is 79.9. The number of hydrogen-bond donors (Lipinski definition) is 1. The van der Waals surface area contributed by atoms with E-state index in [4.69, 9.17) is 0 Å². The highest BCUT2D eigenvalue weighted by Gasteiger charge is 2.08. The maximum atomic E-state index is 4.51. The normalized spacial score (nSPS) is 11.0. The first-order chi connectivity index (χ1) is 8.72. The molecule has 0 aliphatic rings. The van der Waals surface area contributed by atoms with Gasteiger partial charge in [-0.15, -0.1) is 0 Å². The summed E-state index contributed by atoms with van der Waals surface area (Å²) in [6.07, 6.45) is 1.77. The van der Waals surface area contributed by atoms with Gasteiger partial charge in [0.05, 0.1) is 15.5 Å². The fourth-order valence-corrected chi connectivity index (χ4v) is 3.53. The Kier molecular flexibility index (Phi) is 3.41. The molecule has 0 unspecified atom stereocenters. The Morgan fingerprint density at radius 2 is 2.00 bits per heavy atom. The first kappa shape index (κ1) is 12.2. The molecule has 0 radical (unpaired) electrons. The lowest BCUT2D eigenvalue weighted by atomic mass is 10.3. The van der Waals surface area contributed by atoms with Crippen molar-refractivity contribution in [2.45, 2.75) is 10.2 Å². The van der Waals surface area contributed by atoms with E-state index >= 15 is 0 Å². The summed E-state index contributed by atoms with van der Waals surface area (Å²) in [4.78, 5) is 12.1. The van der Waals surface area contributed by atoms with Gasteiger partial charge in [-0.3, -0.25) is 0 Å². The third-order valence-electron chi connectivity index (χ3n) is 2.34. The van der Waals surface area contributed by atoms with Crippen LogP contribution in [0.2, 0.25) is 0 Å². The van der Waals surface area contributed by atoms with Crippen LogP contribution in [0.3, 0.4) is 0 Å². The van der Waals surface area contributed by atoms with Crippen molar-refractivity contribution < 1.29 is 0 Å². The Morgan fingerprint density at radius 1 is 1.17 bits per heavy atom. The number of fused-ring (bicyclic) bond motifs is 1. The SMILES string of the molecule is Brc1cnc(Sc2nc3ccccc3[nH]2)c(Br)c1. The quantitative estimate of drug-likeness (QED) is 0.699. The number of rotatable bonds is 2. The van der Waals surface area contributed by atoms with Gasteiger partial charge in [0, 0.05) is 10.7 Å². The van der Waals surface area contributed by atoms with E-state index < -0.39 is 0 Å². The van der Waals surface area contributed by atoms with Crippen molar-refractivity contribution >= 4 is 54.7 Å². The molecule has 3 aromatic rings. The Balaban J connectivity index is 1.96. The van der Waals surface area contributed by atoms with Gasteiger partial charge in [-0.1, -0.05) is 12.1 Å². The standard InChI is InChI=1S/C12H7Br2N3S/c13-7-5-8(14)11(15-6-7)18-12-16-9-3-1-2-4-10(9)17-12/h1-6H,(H,16,17). The second-order valence-corrected chi connectivity index (χ2v) is 6.35. The first-order valence-corrected chi connectivity index (χ1v) is 7.56. The molecule has 90 valence electrons. The number of halogens is 2. The summed E-state index contributed by atoms with van der Waals surface area (Å²) in [6, 6.07) is 9.93. The second-order valence-electron chi connectivity index (χ2n) is 3.60. The largest absolute Gasteiger partial charge is 0.333 e. The van der Waals surface area contributed by atoms with E-state index in [2.05, 4.69) is 46.8 Å². The van der Waals surface area contributed by atoms with E-state index in [1.54, 1.807) is 6.20 Å². The predicted octanol–water partition coefficient (Wildman–Crippen LogP) is 4.63. The number of nitrogens with zero attached hydrogens (tertiary/aromatic N) is 2. The summed E-state index contributed by atoms with van der Waals surface area (Å²) in [5, 5.41) is 1.73. The monoisotopic (exact) mass is 383 g/mol. The van der Waals surface area contributed by atoms with Gasteiger partial charge >= 0.3 is 0 Å². The minimum atomic E-state index is 0.840. The average Bonchev–Trinajstić information content (AvgIpc) is 2.75. The van der Waals surface area contributed by atoms with Crippen LogP contribution >= 0.6 is 43.6 Å². The van der Waals surface area contributed by atoms with Crippen molar-refractivity contribution in [2.75, 3.05) is 0 Å². The number of para-hydroxylation sites is 2. The summed E-state index contributed by atoms with van der Waals surface area (Å²) >= 11 is 8.38. The van der Waals surface area contributed by atoms with Crippen LogP contribution in [-0.2, 0) is 0 Å². The lowest BCUT2D eigenvalue weighted by Gasteiger charge is -2.00. The molecule has 0 saturated carbocycles. The molecule has 0 spiro atoms. The van der Waals surface area contributed by atoms with Crippen molar-refractivity contribution in [1.29, 1.82) is 0 Å². The molecule has 0 atom stereocenters. The van der Waals surface area contributed by atoms with Crippen molar-refractivity contribution in [3.05, 3.63) is 45.5 Å². The van der Waals surface area contributed by atoms with Crippen molar-refractivity contribution in [3.8, 4) is 0 Å². The Morgan fingerprint density at radius 3 is 2.78 bits per heavy atom. The van der Waals surface area contributed by atoms with E-state index in [0.29, 0.717) is 0 Å². The zero-order valence-electron chi connectivity index (χ0n) is 9.02. The van der Waals surface area contributed by atoms with E-state index in [9.17, 15) is 0 Å². The van der Waals surface area contributed by atoms with Crippen molar-refractivity contribution in [2.24, 2.45) is 0 Å². The molecular formula is C12H7Br2N3S. The number of imidazole rings is 1. The Hall–Kier alpha value is -0.850. The molecule has 0 saturated heterocycles. The van der Waals surface area contributed by atoms with Crippen LogP contribution in [0, 0.1) is 0 Å². The summed E-state index contributed by atoms with van der Waals surface area (Å²) in [7, 11) is 0. The molecule has 18 heavy (non-hydrogen) atoms. The fraction of sp³-hybridized carbons (Fsp3) is 0. The summed E-state index contributed by atoms with van der Waals surface area (Å²) < 4.78 is 1.89. The molecule has 3 rings (SSSR count). The Labute approximate surface area is 125 Å². The van der Waals surface area contributed by atoms with E-state index in [0.717, 1.165) is 30.2 Å². The fourth-order valence-electron chi connectivity index (χ4n) is 1.55. The van der Waals surface area contributed by atoms with Gasteiger partial charge in [0.2, 0.25) is 0 Å². The van der Waals surface area contributed by atoms with Gasteiger partial charge < -0.3 is 4.98 Å². The Bertz CT molecular complexity index is 678. The lowest BCUT2D eigenvalue weighted by Crippen LogP contribution is -1.83. The molecular weight excluding hydrogens is 378 g/mol. The lowest BCUT2D eigenvalue weighted by molar-refractivity contribution is 1.04. The maximum Gasteiger partial charge on any atom is 0.172 e. The van der Waals surface area contributed by atoms with Gasteiger partial charge in [-0.25, -0.2) is 9.97 Å². The van der Waals surface area contributed by atoms with E-state index in [1.165, 1.54) is 11.8 Å². The topological polar surface area (TPSA) is 41.6 Å². The molecule has 0 aliphatic carbocycles. The number of benzene rings is 1. The predicted molar refractivity (Wildman–Crippen MR) is 79.9 cm³/mol. The molecule has 1 aromatic carbocycles. The van der Waals surface area contributed by atoms with E-state index in [-0.39, 0.29) is 0 Å². The minimum Gasteiger partial charge on any atom is -0.333 e. The summed E-state index contributed by atoms with van der Waals surface area (Å²) in [5.41, 5.74) is 2.00. The second kappa shape index (κ2) is 5.03. The number of nitrogens with one attached hydrogen (secondary N) is 1. The van der Waals surface area contributed by atoms with Gasteiger partial charge in [0.25, 0.3) is 0 Å². The molecule has 2 aromatic heterocycles. The maximum absolute atomic E-state index is 4.51. The van der Waals surface area contributed by atoms with Crippen LogP contribution in [0.4, 0.5) is 0 Å². The molecule has 0 bridgehead atoms. The molecule has 0 fully saturated rings. The zero-order valence-corrected chi connectivity index (χ0v) is 13.0. The van der Waals surface area contributed by atoms with Gasteiger partial charge in [0.1, 0.15) is 5.03 Å². The molecule has 0 amide bonds. The number of aromatic amines is 1. The molecule has 6 heteroatoms. The van der Waals surface area contributed by atoms with Gasteiger partial charge in [-0.05, 0) is 61.8 Å². The van der Waals surface area contributed by atoms with Crippen LogP contribution in [0.1, 0.15) is 0 Å².